The molecule has 3 N–H and O–H groups in total. The van der Waals surface area contributed by atoms with E-state index in [1.165, 1.54) is 0 Å². The van der Waals surface area contributed by atoms with E-state index in [2.05, 4.69) is 12.9 Å². The Bertz CT molecular complexity index is 261. The largest absolute Gasteiger partial charge is 0.508 e. The first-order valence-electron chi connectivity index (χ1n) is 4.00. The molecule has 0 aromatic heterocycles. The van der Waals surface area contributed by atoms with Crippen LogP contribution in [0.3, 0.4) is 0 Å². The Morgan fingerprint density at radius 2 is 1.92 bits per heavy atom. The predicted molar refractivity (Wildman–Crippen MR) is 54.6 cm³/mol. The third-order valence-corrected chi connectivity index (χ3v) is 2.04. The molecule has 13 heavy (non-hydrogen) atoms. The molecule has 0 aliphatic rings. The van der Waals surface area contributed by atoms with Gasteiger partial charge in [0.1, 0.15) is 11.9 Å². The fraction of sp³-hybridized carbons (Fsp3) is 0.333. The molecule has 4 heteroatoms. The monoisotopic (exact) mass is 199 g/mol. The molecule has 1 rings (SSSR count). The van der Waals surface area contributed by atoms with Crippen LogP contribution in [0.15, 0.2) is 24.3 Å². The first-order chi connectivity index (χ1) is 6.15. The van der Waals surface area contributed by atoms with Crippen LogP contribution in [0, 0.1) is 0 Å². The summed E-state index contributed by atoms with van der Waals surface area (Å²) in [5, 5.41) is 9.06. The van der Waals surface area contributed by atoms with E-state index in [1.54, 1.807) is 24.3 Å². The van der Waals surface area contributed by atoms with Crippen LogP contribution in [0.1, 0.15) is 18.6 Å². The molecule has 0 fully saturated rings. The Hall–Kier alpha value is -0.710. The molecule has 1 aromatic carbocycles. The van der Waals surface area contributed by atoms with Gasteiger partial charge in [-0.25, -0.2) is 0 Å². The van der Waals surface area contributed by atoms with Gasteiger partial charge in [-0.15, -0.1) is 0 Å². The van der Waals surface area contributed by atoms with Gasteiger partial charge in [-0.2, -0.15) is 0 Å². The lowest BCUT2D eigenvalue weighted by molar-refractivity contribution is 0.222. The molecule has 0 saturated heterocycles. The first kappa shape index (κ1) is 10.4. The van der Waals surface area contributed by atoms with Gasteiger partial charge in [0.2, 0.25) is 0 Å². The maximum absolute atomic E-state index is 9.06. The van der Waals surface area contributed by atoms with E-state index in [-0.39, 0.29) is 17.9 Å². The number of rotatable bonds is 3. The molecule has 1 unspecified atom stereocenters. The number of benzene rings is 1. The molecular formula is C9H13NO2S. The molecule has 0 spiro atoms. The third kappa shape index (κ3) is 2.62. The first-order valence-corrected chi connectivity index (χ1v) is 4.36. The molecule has 72 valence electrons. The number of thiol groups is 1. The highest BCUT2D eigenvalue weighted by molar-refractivity contribution is 7.75. The van der Waals surface area contributed by atoms with Crippen LogP contribution < -0.4 is 5.73 Å². The van der Waals surface area contributed by atoms with Gasteiger partial charge in [0.15, 0.2) is 0 Å². The van der Waals surface area contributed by atoms with Crippen LogP contribution in [-0.4, -0.2) is 11.1 Å². The van der Waals surface area contributed by atoms with E-state index in [1.807, 2.05) is 6.92 Å². The minimum atomic E-state index is -0.246. The van der Waals surface area contributed by atoms with E-state index in [9.17, 15) is 0 Å². The van der Waals surface area contributed by atoms with Gasteiger partial charge >= 0.3 is 0 Å². The Balaban J connectivity index is 2.86. The molecule has 0 radical (unpaired) electrons. The van der Waals surface area contributed by atoms with Crippen molar-refractivity contribution in [1.82, 2.24) is 0 Å². The molecule has 0 aliphatic heterocycles. The van der Waals surface area contributed by atoms with Crippen molar-refractivity contribution < 1.29 is 9.29 Å². The lowest BCUT2D eigenvalue weighted by Gasteiger charge is -2.18. The van der Waals surface area contributed by atoms with E-state index in [4.69, 9.17) is 15.0 Å². The second-order valence-electron chi connectivity index (χ2n) is 2.98. The van der Waals surface area contributed by atoms with Gasteiger partial charge in [-0.3, -0.25) is 0 Å². The lowest BCUT2D eigenvalue weighted by Crippen LogP contribution is -2.24. The second kappa shape index (κ2) is 4.50. The van der Waals surface area contributed by atoms with Gasteiger partial charge < -0.3 is 15.0 Å². The minimum Gasteiger partial charge on any atom is -0.508 e. The Morgan fingerprint density at radius 1 is 1.38 bits per heavy atom. The highest BCUT2D eigenvalue weighted by Gasteiger charge is 2.15. The fourth-order valence-corrected chi connectivity index (χ4v) is 1.44. The highest BCUT2D eigenvalue weighted by Crippen LogP contribution is 2.23. The molecule has 0 saturated carbocycles. The third-order valence-electron chi connectivity index (χ3n) is 1.81. The summed E-state index contributed by atoms with van der Waals surface area (Å²) in [6.07, 6.45) is -0.246. The van der Waals surface area contributed by atoms with E-state index >= 15 is 0 Å². The van der Waals surface area contributed by atoms with Crippen molar-refractivity contribution in [1.29, 1.82) is 0 Å². The van der Waals surface area contributed by atoms with Crippen molar-refractivity contribution in [2.45, 2.75) is 19.1 Å². The summed E-state index contributed by atoms with van der Waals surface area (Å²) in [7, 11) is 0. The van der Waals surface area contributed by atoms with Crippen LogP contribution >= 0.6 is 12.9 Å². The van der Waals surface area contributed by atoms with Crippen molar-refractivity contribution in [3.8, 4) is 5.75 Å². The summed E-state index contributed by atoms with van der Waals surface area (Å²) >= 11 is 3.75. The van der Waals surface area contributed by atoms with Crippen molar-refractivity contribution in [3.05, 3.63) is 29.8 Å². The zero-order valence-corrected chi connectivity index (χ0v) is 8.24. The molecule has 0 amide bonds. The smallest absolute Gasteiger partial charge is 0.115 e. The van der Waals surface area contributed by atoms with E-state index < -0.39 is 0 Å². The zero-order chi connectivity index (χ0) is 9.84. The fourth-order valence-electron chi connectivity index (χ4n) is 1.12. The summed E-state index contributed by atoms with van der Waals surface area (Å²) in [6, 6.07) is 6.58. The number of phenolic OH excluding ortho intramolecular Hbond substituents is 1. The molecule has 0 aliphatic carbocycles. The zero-order valence-electron chi connectivity index (χ0n) is 7.34. The Morgan fingerprint density at radius 3 is 2.31 bits per heavy atom. The predicted octanol–water partition coefficient (Wildman–Crippen LogP) is 1.64. The molecule has 3 nitrogen and oxygen atoms in total. The second-order valence-corrected chi connectivity index (χ2v) is 3.19. The van der Waals surface area contributed by atoms with E-state index in [0.717, 1.165) is 5.56 Å². The maximum Gasteiger partial charge on any atom is 0.115 e. The van der Waals surface area contributed by atoms with Gasteiger partial charge in [-0.1, -0.05) is 12.1 Å². The van der Waals surface area contributed by atoms with Crippen LogP contribution in [-0.2, 0) is 4.18 Å². The number of hydrogen-bond donors (Lipinski definition) is 3. The van der Waals surface area contributed by atoms with Crippen molar-refractivity contribution >= 4 is 12.9 Å². The van der Waals surface area contributed by atoms with Crippen molar-refractivity contribution in [2.75, 3.05) is 0 Å². The van der Waals surface area contributed by atoms with Crippen LogP contribution in [0.5, 0.6) is 5.75 Å². The van der Waals surface area contributed by atoms with Gasteiger partial charge in [0, 0.05) is 6.04 Å². The van der Waals surface area contributed by atoms with Gasteiger partial charge in [0.05, 0.1) is 0 Å². The summed E-state index contributed by atoms with van der Waals surface area (Å²) in [5.41, 5.74) is 6.59. The number of aromatic hydroxyl groups is 1. The van der Waals surface area contributed by atoms with Crippen molar-refractivity contribution in [3.63, 3.8) is 0 Å². The van der Waals surface area contributed by atoms with Crippen LogP contribution in [0.4, 0.5) is 0 Å². The molecule has 2 atom stereocenters. The number of phenols is 1. The van der Waals surface area contributed by atoms with Gasteiger partial charge in [-0.05, 0) is 37.5 Å². The lowest BCUT2D eigenvalue weighted by atomic mass is 10.0. The SMILES string of the molecule is C[C@@H](N)C(OS)c1ccc(O)cc1. The van der Waals surface area contributed by atoms with Crippen molar-refractivity contribution in [2.24, 2.45) is 5.73 Å². The number of hydrogen-bond acceptors (Lipinski definition) is 4. The number of nitrogens with two attached hydrogens (primary N) is 1. The minimum absolute atomic E-state index is 0.137. The summed E-state index contributed by atoms with van der Waals surface area (Å²) in [5.74, 6) is 0.228. The molecule has 0 bridgehead atoms. The standard InChI is InChI=1S/C9H13NO2S/c1-6(10)9(12-13)7-2-4-8(11)5-3-7/h2-6,9,11,13H,10H2,1H3/t6-,9?/m1/s1. The van der Waals surface area contributed by atoms with Gasteiger partial charge in [0.25, 0.3) is 0 Å². The molecular weight excluding hydrogens is 186 g/mol. The summed E-state index contributed by atoms with van der Waals surface area (Å²) < 4.78 is 4.93. The van der Waals surface area contributed by atoms with Crippen LogP contribution in [0.2, 0.25) is 0 Å². The van der Waals surface area contributed by atoms with Crippen LogP contribution in [0.25, 0.3) is 0 Å². The summed E-state index contributed by atoms with van der Waals surface area (Å²) in [6.45, 7) is 1.84. The average Bonchev–Trinajstić information content (AvgIpc) is 2.09. The average molecular weight is 199 g/mol. The summed E-state index contributed by atoms with van der Waals surface area (Å²) in [4.78, 5) is 0. The Labute approximate surface area is 83.1 Å². The molecule has 1 aromatic rings. The maximum atomic E-state index is 9.06. The highest BCUT2D eigenvalue weighted by atomic mass is 32.1. The molecule has 0 heterocycles. The van der Waals surface area contributed by atoms with E-state index in [0.29, 0.717) is 0 Å². The Kier molecular flexibility index (Phi) is 3.59. The topological polar surface area (TPSA) is 55.5 Å². The normalized spacial score (nSPS) is 15.3. The quantitative estimate of drug-likeness (QED) is 0.512.